The second-order valence-electron chi connectivity index (χ2n) is 7.07. The lowest BCUT2D eigenvalue weighted by molar-refractivity contribution is 0.0475. The molecule has 0 fully saturated rings. The summed E-state index contributed by atoms with van der Waals surface area (Å²) in [7, 11) is 4.78. The summed E-state index contributed by atoms with van der Waals surface area (Å²) in [6, 6.07) is 22.2. The number of ether oxygens (including phenoxy) is 4. The SMILES string of the molecule is COc1ccc(COC(=O)c2cc(-c3ccc(OC)c(OC)c3)nc3ccccc23)cc1. The molecule has 0 aliphatic rings. The van der Waals surface area contributed by atoms with Crippen molar-refractivity contribution in [2.45, 2.75) is 6.61 Å². The first-order valence-electron chi connectivity index (χ1n) is 10.0. The summed E-state index contributed by atoms with van der Waals surface area (Å²) >= 11 is 0. The Hall–Kier alpha value is -4.06. The molecule has 0 N–H and O–H groups in total. The molecule has 0 radical (unpaired) electrons. The number of fused-ring (bicyclic) bond motifs is 1. The molecule has 6 heteroatoms. The Labute approximate surface area is 186 Å². The quantitative estimate of drug-likeness (QED) is 0.372. The van der Waals surface area contributed by atoms with E-state index in [1.54, 1.807) is 27.4 Å². The maximum absolute atomic E-state index is 13.0. The number of hydrogen-bond donors (Lipinski definition) is 0. The van der Waals surface area contributed by atoms with Gasteiger partial charge in [0.15, 0.2) is 11.5 Å². The minimum Gasteiger partial charge on any atom is -0.497 e. The third kappa shape index (κ3) is 4.34. The fraction of sp³-hybridized carbons (Fsp3) is 0.154. The van der Waals surface area contributed by atoms with Crippen LogP contribution in [-0.4, -0.2) is 32.3 Å². The number of carbonyl (C=O) groups excluding carboxylic acids is 1. The van der Waals surface area contributed by atoms with Crippen molar-refractivity contribution in [1.29, 1.82) is 0 Å². The summed E-state index contributed by atoms with van der Waals surface area (Å²) in [4.78, 5) is 17.8. The van der Waals surface area contributed by atoms with Crippen LogP contribution in [0.15, 0.2) is 72.8 Å². The van der Waals surface area contributed by atoms with Gasteiger partial charge < -0.3 is 18.9 Å². The number of rotatable bonds is 7. The molecule has 32 heavy (non-hydrogen) atoms. The van der Waals surface area contributed by atoms with Crippen LogP contribution in [0.2, 0.25) is 0 Å². The van der Waals surface area contributed by atoms with Gasteiger partial charge >= 0.3 is 5.97 Å². The van der Waals surface area contributed by atoms with Gasteiger partial charge in [-0.3, -0.25) is 0 Å². The summed E-state index contributed by atoms with van der Waals surface area (Å²) in [5.74, 6) is 1.54. The first kappa shape index (κ1) is 21.2. The first-order chi connectivity index (χ1) is 15.6. The normalized spacial score (nSPS) is 10.6. The van der Waals surface area contributed by atoms with Gasteiger partial charge in [-0.25, -0.2) is 9.78 Å². The Morgan fingerprint density at radius 3 is 2.28 bits per heavy atom. The van der Waals surface area contributed by atoms with Crippen LogP contribution in [-0.2, 0) is 11.3 Å². The molecule has 0 bridgehead atoms. The molecule has 0 aliphatic heterocycles. The lowest BCUT2D eigenvalue weighted by Crippen LogP contribution is -2.07. The number of benzene rings is 3. The predicted molar refractivity (Wildman–Crippen MR) is 122 cm³/mol. The molecule has 4 aromatic rings. The summed E-state index contributed by atoms with van der Waals surface area (Å²) in [5, 5.41) is 0.733. The Kier molecular flexibility index (Phi) is 6.22. The molecule has 0 spiro atoms. The smallest absolute Gasteiger partial charge is 0.339 e. The summed E-state index contributed by atoms with van der Waals surface area (Å²) in [6.07, 6.45) is 0. The van der Waals surface area contributed by atoms with Crippen molar-refractivity contribution in [3.63, 3.8) is 0 Å². The van der Waals surface area contributed by atoms with Crippen LogP contribution in [0.5, 0.6) is 17.2 Å². The van der Waals surface area contributed by atoms with E-state index in [2.05, 4.69) is 0 Å². The van der Waals surface area contributed by atoms with E-state index in [9.17, 15) is 4.79 Å². The molecule has 0 saturated heterocycles. The molecular weight excluding hydrogens is 406 g/mol. The fourth-order valence-corrected chi connectivity index (χ4v) is 3.44. The van der Waals surface area contributed by atoms with E-state index in [1.165, 1.54) is 0 Å². The third-order valence-corrected chi connectivity index (χ3v) is 5.14. The topological polar surface area (TPSA) is 66.9 Å². The van der Waals surface area contributed by atoms with Gasteiger partial charge in [0.25, 0.3) is 0 Å². The van der Waals surface area contributed by atoms with Gasteiger partial charge in [-0.1, -0.05) is 30.3 Å². The minimum atomic E-state index is -0.416. The number of hydrogen-bond acceptors (Lipinski definition) is 6. The zero-order valence-electron chi connectivity index (χ0n) is 18.1. The average Bonchev–Trinajstić information content (AvgIpc) is 2.86. The number of methoxy groups -OCH3 is 3. The Bertz CT molecular complexity index is 1250. The van der Waals surface area contributed by atoms with E-state index in [4.69, 9.17) is 23.9 Å². The average molecular weight is 429 g/mol. The predicted octanol–water partition coefficient (Wildman–Crippen LogP) is 5.28. The largest absolute Gasteiger partial charge is 0.497 e. The van der Waals surface area contributed by atoms with Gasteiger partial charge in [0.2, 0.25) is 0 Å². The molecule has 3 aromatic carbocycles. The fourth-order valence-electron chi connectivity index (χ4n) is 3.44. The van der Waals surface area contributed by atoms with Gasteiger partial charge in [0.05, 0.1) is 38.1 Å². The van der Waals surface area contributed by atoms with E-state index < -0.39 is 5.97 Å². The van der Waals surface area contributed by atoms with Crippen LogP contribution in [0.4, 0.5) is 0 Å². The number of pyridine rings is 1. The highest BCUT2D eigenvalue weighted by Crippen LogP contribution is 2.33. The maximum Gasteiger partial charge on any atom is 0.339 e. The van der Waals surface area contributed by atoms with Crippen LogP contribution in [0.3, 0.4) is 0 Å². The van der Waals surface area contributed by atoms with Crippen LogP contribution in [0.25, 0.3) is 22.2 Å². The van der Waals surface area contributed by atoms with Gasteiger partial charge in [-0.15, -0.1) is 0 Å². The van der Waals surface area contributed by atoms with Crippen molar-refractivity contribution in [1.82, 2.24) is 4.98 Å². The molecular formula is C26H23NO5. The summed E-state index contributed by atoms with van der Waals surface area (Å²) in [6.45, 7) is 0.158. The summed E-state index contributed by atoms with van der Waals surface area (Å²) < 4.78 is 21.5. The van der Waals surface area contributed by atoms with Gasteiger partial charge in [0, 0.05) is 10.9 Å². The van der Waals surface area contributed by atoms with E-state index >= 15 is 0 Å². The van der Waals surface area contributed by atoms with Crippen molar-refractivity contribution in [3.8, 4) is 28.5 Å². The molecule has 1 heterocycles. The van der Waals surface area contributed by atoms with E-state index in [0.717, 1.165) is 22.3 Å². The lowest BCUT2D eigenvalue weighted by Gasteiger charge is -2.12. The molecule has 0 saturated carbocycles. The highest BCUT2D eigenvalue weighted by atomic mass is 16.5. The van der Waals surface area contributed by atoms with E-state index in [-0.39, 0.29) is 6.61 Å². The molecule has 162 valence electrons. The molecule has 0 aliphatic carbocycles. The highest BCUT2D eigenvalue weighted by molar-refractivity contribution is 6.04. The number of carbonyl (C=O) groups is 1. The Balaban J connectivity index is 1.68. The zero-order valence-corrected chi connectivity index (χ0v) is 18.1. The van der Waals surface area contributed by atoms with Gasteiger partial charge in [-0.05, 0) is 48.0 Å². The standard InChI is InChI=1S/C26H23NO5/c1-29-19-11-8-17(9-12-19)16-32-26(28)21-15-23(27-22-7-5-4-6-20(21)22)18-10-13-24(30-2)25(14-18)31-3/h4-15H,16H2,1-3H3. The molecule has 0 unspecified atom stereocenters. The van der Waals surface area contributed by atoms with Crippen LogP contribution >= 0.6 is 0 Å². The summed E-state index contributed by atoms with van der Waals surface area (Å²) in [5.41, 5.74) is 3.47. The number of aromatic nitrogens is 1. The van der Waals surface area contributed by atoms with Gasteiger partial charge in [0.1, 0.15) is 12.4 Å². The van der Waals surface area contributed by atoms with Crippen molar-refractivity contribution in [2.75, 3.05) is 21.3 Å². The number of para-hydroxylation sites is 1. The number of nitrogens with zero attached hydrogens (tertiary/aromatic N) is 1. The third-order valence-electron chi connectivity index (χ3n) is 5.14. The van der Waals surface area contributed by atoms with Crippen molar-refractivity contribution in [2.24, 2.45) is 0 Å². The van der Waals surface area contributed by atoms with Gasteiger partial charge in [-0.2, -0.15) is 0 Å². The molecule has 4 rings (SSSR count). The molecule has 0 amide bonds. The second-order valence-corrected chi connectivity index (χ2v) is 7.07. The zero-order chi connectivity index (χ0) is 22.5. The monoisotopic (exact) mass is 429 g/mol. The molecule has 1 aromatic heterocycles. The van der Waals surface area contributed by atoms with Crippen molar-refractivity contribution < 1.29 is 23.7 Å². The first-order valence-corrected chi connectivity index (χ1v) is 10.0. The molecule has 0 atom stereocenters. The van der Waals surface area contributed by atoms with E-state index in [0.29, 0.717) is 28.3 Å². The van der Waals surface area contributed by atoms with Crippen LogP contribution in [0, 0.1) is 0 Å². The minimum absolute atomic E-state index is 0.158. The van der Waals surface area contributed by atoms with Crippen molar-refractivity contribution >= 4 is 16.9 Å². The van der Waals surface area contributed by atoms with Crippen LogP contribution < -0.4 is 14.2 Å². The lowest BCUT2D eigenvalue weighted by atomic mass is 10.0. The molecule has 6 nitrogen and oxygen atoms in total. The number of esters is 1. The maximum atomic E-state index is 13.0. The highest BCUT2D eigenvalue weighted by Gasteiger charge is 2.16. The Morgan fingerprint density at radius 1 is 0.812 bits per heavy atom. The van der Waals surface area contributed by atoms with E-state index in [1.807, 2.05) is 66.7 Å². The Morgan fingerprint density at radius 2 is 1.56 bits per heavy atom. The van der Waals surface area contributed by atoms with Crippen molar-refractivity contribution in [3.05, 3.63) is 83.9 Å². The second kappa shape index (κ2) is 9.39. The van der Waals surface area contributed by atoms with Crippen LogP contribution in [0.1, 0.15) is 15.9 Å².